The van der Waals surface area contributed by atoms with Gasteiger partial charge in [0.05, 0.1) is 6.17 Å². The SMILES string of the molecule is CC(C)(C)C1NNC(S)N1. The molecule has 1 heterocycles. The van der Waals surface area contributed by atoms with Crippen molar-refractivity contribution >= 4 is 12.6 Å². The minimum absolute atomic E-state index is 0.0734. The summed E-state index contributed by atoms with van der Waals surface area (Å²) in [6, 6.07) is 0. The molecule has 2 atom stereocenters. The van der Waals surface area contributed by atoms with Gasteiger partial charge in [0.25, 0.3) is 0 Å². The van der Waals surface area contributed by atoms with Gasteiger partial charge in [-0.3, -0.25) is 5.32 Å². The zero-order valence-electron chi connectivity index (χ0n) is 6.60. The smallest absolute Gasteiger partial charge is 0.116 e. The summed E-state index contributed by atoms with van der Waals surface area (Å²) in [7, 11) is 0. The lowest BCUT2D eigenvalue weighted by Crippen LogP contribution is -2.44. The van der Waals surface area contributed by atoms with Gasteiger partial charge in [-0.15, -0.1) is 12.6 Å². The fourth-order valence-electron chi connectivity index (χ4n) is 0.870. The first-order valence-corrected chi connectivity index (χ1v) is 3.97. The average molecular weight is 161 g/mol. The Hall–Kier alpha value is 0.230. The molecule has 1 rings (SSSR count). The van der Waals surface area contributed by atoms with Crippen molar-refractivity contribution in [2.24, 2.45) is 5.41 Å². The summed E-state index contributed by atoms with van der Waals surface area (Å²) in [4.78, 5) is 0. The summed E-state index contributed by atoms with van der Waals surface area (Å²) in [6.45, 7) is 6.52. The molecule has 10 heavy (non-hydrogen) atoms. The van der Waals surface area contributed by atoms with Crippen LogP contribution in [0.4, 0.5) is 0 Å². The Morgan fingerprint density at radius 1 is 1.20 bits per heavy atom. The fourth-order valence-corrected chi connectivity index (χ4v) is 1.09. The molecule has 0 aromatic heterocycles. The highest BCUT2D eigenvalue weighted by Gasteiger charge is 2.29. The van der Waals surface area contributed by atoms with Crippen LogP contribution in [0, 0.1) is 5.41 Å². The monoisotopic (exact) mass is 161 g/mol. The summed E-state index contributed by atoms with van der Waals surface area (Å²) in [5.74, 6) is 0. The maximum Gasteiger partial charge on any atom is 0.116 e. The van der Waals surface area contributed by atoms with E-state index in [4.69, 9.17) is 0 Å². The van der Waals surface area contributed by atoms with Crippen LogP contribution in [0.2, 0.25) is 0 Å². The van der Waals surface area contributed by atoms with E-state index in [0.29, 0.717) is 6.17 Å². The van der Waals surface area contributed by atoms with Crippen molar-refractivity contribution in [1.82, 2.24) is 16.2 Å². The Morgan fingerprint density at radius 3 is 2.00 bits per heavy atom. The van der Waals surface area contributed by atoms with Gasteiger partial charge in [-0.05, 0) is 5.41 Å². The molecule has 60 valence electrons. The summed E-state index contributed by atoms with van der Waals surface area (Å²) >= 11 is 4.20. The minimum atomic E-state index is 0.0734. The van der Waals surface area contributed by atoms with E-state index >= 15 is 0 Å². The van der Waals surface area contributed by atoms with Gasteiger partial charge in [-0.2, -0.15) is 0 Å². The molecular weight excluding hydrogens is 146 g/mol. The highest BCUT2D eigenvalue weighted by molar-refractivity contribution is 7.80. The molecule has 0 aromatic carbocycles. The van der Waals surface area contributed by atoms with Crippen molar-refractivity contribution in [2.75, 3.05) is 0 Å². The van der Waals surface area contributed by atoms with Crippen molar-refractivity contribution in [2.45, 2.75) is 32.4 Å². The summed E-state index contributed by atoms with van der Waals surface area (Å²) < 4.78 is 0. The van der Waals surface area contributed by atoms with Gasteiger partial charge in [-0.25, -0.2) is 10.9 Å². The molecule has 1 saturated heterocycles. The maximum atomic E-state index is 4.20. The molecule has 0 saturated carbocycles. The molecule has 3 N–H and O–H groups in total. The quantitative estimate of drug-likeness (QED) is 0.385. The van der Waals surface area contributed by atoms with E-state index in [0.717, 1.165) is 0 Å². The topological polar surface area (TPSA) is 36.1 Å². The third-order valence-corrected chi connectivity index (χ3v) is 1.83. The zero-order valence-corrected chi connectivity index (χ0v) is 7.50. The highest BCUT2D eigenvalue weighted by atomic mass is 32.1. The summed E-state index contributed by atoms with van der Waals surface area (Å²) in [5, 5.41) is 3.24. The van der Waals surface area contributed by atoms with E-state index < -0.39 is 0 Å². The van der Waals surface area contributed by atoms with Gasteiger partial charge >= 0.3 is 0 Å². The van der Waals surface area contributed by atoms with Gasteiger partial charge in [0.15, 0.2) is 0 Å². The van der Waals surface area contributed by atoms with Crippen molar-refractivity contribution in [1.29, 1.82) is 0 Å². The molecule has 0 aliphatic carbocycles. The standard InChI is InChI=1S/C6H15N3S/c1-6(2,3)4-7-5(10)9-8-4/h4-5,7-10H,1-3H3. The van der Waals surface area contributed by atoms with Gasteiger partial charge in [-0.1, -0.05) is 20.8 Å². The largest absolute Gasteiger partial charge is 0.276 e. The Kier molecular flexibility index (Phi) is 2.24. The van der Waals surface area contributed by atoms with E-state index in [-0.39, 0.29) is 10.9 Å². The summed E-state index contributed by atoms with van der Waals surface area (Å²) in [6.07, 6.45) is 0.301. The zero-order chi connectivity index (χ0) is 7.78. The summed E-state index contributed by atoms with van der Waals surface area (Å²) in [5.41, 5.74) is 6.39. The highest BCUT2D eigenvalue weighted by Crippen LogP contribution is 2.19. The molecule has 1 fully saturated rings. The molecule has 1 aliphatic rings. The molecule has 0 amide bonds. The van der Waals surface area contributed by atoms with Crippen LogP contribution in [-0.4, -0.2) is 11.7 Å². The molecule has 0 radical (unpaired) electrons. The van der Waals surface area contributed by atoms with Gasteiger partial charge < -0.3 is 0 Å². The molecule has 3 nitrogen and oxygen atoms in total. The molecule has 4 heteroatoms. The number of hydrazine groups is 1. The number of thiol groups is 1. The van der Waals surface area contributed by atoms with Crippen LogP contribution in [-0.2, 0) is 0 Å². The second kappa shape index (κ2) is 2.70. The first-order valence-electron chi connectivity index (χ1n) is 3.45. The van der Waals surface area contributed by atoms with Crippen molar-refractivity contribution in [3.05, 3.63) is 0 Å². The predicted molar refractivity (Wildman–Crippen MR) is 45.4 cm³/mol. The Labute approximate surface area is 67.3 Å². The van der Waals surface area contributed by atoms with E-state index in [1.54, 1.807) is 0 Å². The number of nitrogens with one attached hydrogen (secondary N) is 3. The molecular formula is C6H15N3S. The second-order valence-electron chi connectivity index (χ2n) is 3.66. The first-order chi connectivity index (χ1) is 4.50. The minimum Gasteiger partial charge on any atom is -0.276 e. The third-order valence-electron chi connectivity index (χ3n) is 1.55. The molecule has 0 bridgehead atoms. The molecule has 0 spiro atoms. The van der Waals surface area contributed by atoms with Crippen LogP contribution < -0.4 is 16.2 Å². The Balaban J connectivity index is 2.45. The number of hydrogen-bond acceptors (Lipinski definition) is 4. The predicted octanol–water partition coefficient (Wildman–Crippen LogP) is 0.269. The number of rotatable bonds is 0. The third kappa shape index (κ3) is 1.85. The number of hydrogen-bond donors (Lipinski definition) is 4. The second-order valence-corrected chi connectivity index (χ2v) is 4.17. The molecule has 2 unspecified atom stereocenters. The lowest BCUT2D eigenvalue weighted by molar-refractivity contribution is 0.264. The average Bonchev–Trinajstić information content (AvgIpc) is 2.11. The first kappa shape index (κ1) is 8.33. The van der Waals surface area contributed by atoms with Gasteiger partial charge in [0, 0.05) is 0 Å². The van der Waals surface area contributed by atoms with Crippen LogP contribution in [0.1, 0.15) is 20.8 Å². The van der Waals surface area contributed by atoms with E-state index in [2.05, 4.69) is 49.6 Å². The van der Waals surface area contributed by atoms with Crippen molar-refractivity contribution in [3.63, 3.8) is 0 Å². The van der Waals surface area contributed by atoms with Crippen LogP contribution >= 0.6 is 12.6 Å². The lowest BCUT2D eigenvalue weighted by Gasteiger charge is -2.26. The van der Waals surface area contributed by atoms with Crippen LogP contribution in [0.15, 0.2) is 0 Å². The van der Waals surface area contributed by atoms with Crippen molar-refractivity contribution < 1.29 is 0 Å². The van der Waals surface area contributed by atoms with Gasteiger partial charge in [0.1, 0.15) is 5.50 Å². The normalized spacial score (nSPS) is 34.8. The van der Waals surface area contributed by atoms with E-state index in [1.165, 1.54) is 0 Å². The van der Waals surface area contributed by atoms with Crippen molar-refractivity contribution in [3.8, 4) is 0 Å². The fraction of sp³-hybridized carbons (Fsp3) is 1.00. The Bertz CT molecular complexity index is 121. The lowest BCUT2D eigenvalue weighted by atomic mass is 9.93. The maximum absolute atomic E-state index is 4.20. The van der Waals surface area contributed by atoms with E-state index in [1.807, 2.05) is 0 Å². The molecule has 0 aromatic rings. The van der Waals surface area contributed by atoms with Crippen LogP contribution in [0.3, 0.4) is 0 Å². The molecule has 1 aliphatic heterocycles. The van der Waals surface area contributed by atoms with Crippen LogP contribution in [0.5, 0.6) is 0 Å². The Morgan fingerprint density at radius 2 is 1.80 bits per heavy atom. The van der Waals surface area contributed by atoms with Gasteiger partial charge in [0.2, 0.25) is 0 Å². The van der Waals surface area contributed by atoms with E-state index in [9.17, 15) is 0 Å². The van der Waals surface area contributed by atoms with Crippen LogP contribution in [0.25, 0.3) is 0 Å².